The van der Waals surface area contributed by atoms with E-state index in [-0.39, 0.29) is 0 Å². The van der Waals surface area contributed by atoms with Gasteiger partial charge in [-0.05, 0) is 25.1 Å². The van der Waals surface area contributed by atoms with E-state index in [0.717, 1.165) is 5.52 Å². The molecule has 2 aromatic heterocycles. The van der Waals surface area contributed by atoms with Gasteiger partial charge in [0.25, 0.3) is 0 Å². The van der Waals surface area contributed by atoms with Gasteiger partial charge in [0.2, 0.25) is 5.95 Å². The molecule has 27 heavy (non-hydrogen) atoms. The first-order chi connectivity index (χ1) is 13.1. The van der Waals surface area contributed by atoms with Gasteiger partial charge in [-0.15, -0.1) is 0 Å². The molecule has 0 aliphatic carbocycles. The van der Waals surface area contributed by atoms with E-state index in [2.05, 4.69) is 15.1 Å². The normalized spacial score (nSPS) is 10.9. The highest BCUT2D eigenvalue weighted by atomic mass is 35.5. The van der Waals surface area contributed by atoms with Crippen molar-refractivity contribution in [1.82, 2.24) is 19.7 Å². The molecule has 136 valence electrons. The molecule has 4 aromatic rings. The van der Waals surface area contributed by atoms with Crippen molar-refractivity contribution in [3.05, 3.63) is 65.4 Å². The molecule has 0 bridgehead atoms. The van der Waals surface area contributed by atoms with Crippen molar-refractivity contribution in [1.29, 1.82) is 0 Å². The molecule has 0 radical (unpaired) electrons. The van der Waals surface area contributed by atoms with Crippen molar-refractivity contribution in [3.63, 3.8) is 0 Å². The fourth-order valence-corrected chi connectivity index (χ4v) is 2.76. The minimum atomic E-state index is -0.429. The van der Waals surface area contributed by atoms with Gasteiger partial charge in [0.15, 0.2) is 0 Å². The Morgan fingerprint density at radius 2 is 2.07 bits per heavy atom. The number of carbonyl (C=O) groups is 1. The summed E-state index contributed by atoms with van der Waals surface area (Å²) in [6.45, 7) is 2.05. The summed E-state index contributed by atoms with van der Waals surface area (Å²) in [6, 6.07) is 12.9. The second-order valence-corrected chi connectivity index (χ2v) is 6.08. The topological polar surface area (TPSA) is 82.0 Å². The van der Waals surface area contributed by atoms with Gasteiger partial charge in [-0.2, -0.15) is 5.10 Å². The summed E-state index contributed by atoms with van der Waals surface area (Å²) < 4.78 is 12.3. The average Bonchev–Trinajstić information content (AvgIpc) is 3.30. The molecule has 0 spiro atoms. The summed E-state index contributed by atoms with van der Waals surface area (Å²) in [5.41, 5.74) is 1.74. The number of esters is 1. The molecule has 0 aliphatic heterocycles. The van der Waals surface area contributed by atoms with Crippen molar-refractivity contribution in [2.75, 3.05) is 6.61 Å². The van der Waals surface area contributed by atoms with E-state index in [9.17, 15) is 4.79 Å². The zero-order valence-electron chi connectivity index (χ0n) is 14.3. The molecular weight excluding hydrogens is 368 g/mol. The second kappa shape index (κ2) is 7.13. The maximum Gasteiger partial charge on any atom is 0.341 e. The monoisotopic (exact) mass is 382 g/mol. The third kappa shape index (κ3) is 3.50. The Labute approximate surface area is 159 Å². The van der Waals surface area contributed by atoms with Gasteiger partial charge in [-0.1, -0.05) is 29.8 Å². The Morgan fingerprint density at radius 3 is 2.85 bits per heavy atom. The third-order valence-corrected chi connectivity index (χ3v) is 4.10. The van der Waals surface area contributed by atoms with Crippen LogP contribution < -0.4 is 4.74 Å². The summed E-state index contributed by atoms with van der Waals surface area (Å²) in [7, 11) is 0. The number of nitrogens with one attached hydrogen (secondary N) is 1. The number of halogens is 1. The number of benzene rings is 2. The fourth-order valence-electron chi connectivity index (χ4n) is 2.56. The lowest BCUT2D eigenvalue weighted by Crippen LogP contribution is -2.03. The van der Waals surface area contributed by atoms with E-state index in [0.29, 0.717) is 40.2 Å². The van der Waals surface area contributed by atoms with Crippen molar-refractivity contribution >= 4 is 28.6 Å². The van der Waals surface area contributed by atoms with Gasteiger partial charge in [0.1, 0.15) is 11.5 Å². The molecule has 0 amide bonds. The Bertz CT molecular complexity index is 1100. The fraction of sp³-hybridized carbons (Fsp3) is 0.105. The van der Waals surface area contributed by atoms with Crippen LogP contribution in [-0.2, 0) is 4.74 Å². The molecule has 0 saturated carbocycles. The van der Waals surface area contributed by atoms with E-state index in [1.807, 2.05) is 30.3 Å². The van der Waals surface area contributed by atoms with E-state index in [1.54, 1.807) is 25.3 Å². The number of H-pyrrole nitrogens is 1. The number of imidazole rings is 1. The minimum absolute atomic E-state index is 0.303. The maximum absolute atomic E-state index is 11.8. The second-order valence-electron chi connectivity index (χ2n) is 5.67. The molecule has 2 aromatic carbocycles. The zero-order chi connectivity index (χ0) is 18.8. The molecule has 8 heteroatoms. The third-order valence-electron chi connectivity index (χ3n) is 3.80. The number of aromatic nitrogens is 4. The molecule has 1 N–H and O–H groups in total. The average molecular weight is 383 g/mol. The Morgan fingerprint density at radius 1 is 1.26 bits per heavy atom. The van der Waals surface area contributed by atoms with Crippen molar-refractivity contribution in [2.45, 2.75) is 6.92 Å². The number of hydrogen-bond donors (Lipinski definition) is 1. The number of para-hydroxylation sites is 1. The number of fused-ring (bicyclic) bond motifs is 1. The first-order valence-corrected chi connectivity index (χ1v) is 8.66. The highest BCUT2D eigenvalue weighted by Gasteiger charge is 2.14. The van der Waals surface area contributed by atoms with Gasteiger partial charge in [-0.3, -0.25) is 0 Å². The van der Waals surface area contributed by atoms with Crippen LogP contribution in [0, 0.1) is 0 Å². The van der Waals surface area contributed by atoms with Crippen LogP contribution in [0.25, 0.3) is 17.0 Å². The summed E-state index contributed by atoms with van der Waals surface area (Å²) >= 11 is 6.33. The molecule has 0 aliphatic rings. The van der Waals surface area contributed by atoms with Crippen LogP contribution in [0.1, 0.15) is 17.3 Å². The predicted octanol–water partition coefficient (Wildman–Crippen LogP) is 4.37. The number of carbonyl (C=O) groups excluding carboxylic acids is 1. The summed E-state index contributed by atoms with van der Waals surface area (Å²) in [6.07, 6.45) is 2.99. The van der Waals surface area contributed by atoms with Gasteiger partial charge < -0.3 is 14.5 Å². The quantitative estimate of drug-likeness (QED) is 0.518. The van der Waals surface area contributed by atoms with E-state index in [1.165, 1.54) is 10.9 Å². The molecule has 0 fully saturated rings. The lowest BCUT2D eigenvalue weighted by atomic mass is 10.3. The predicted molar refractivity (Wildman–Crippen MR) is 101 cm³/mol. The lowest BCUT2D eigenvalue weighted by Gasteiger charge is -2.07. The first-order valence-electron chi connectivity index (χ1n) is 8.28. The molecule has 2 heterocycles. The number of rotatable bonds is 5. The van der Waals surface area contributed by atoms with Crippen LogP contribution in [0.5, 0.6) is 11.5 Å². The van der Waals surface area contributed by atoms with Crippen molar-refractivity contribution in [3.8, 4) is 17.4 Å². The molecule has 0 saturated heterocycles. The molecule has 7 nitrogen and oxygen atoms in total. The minimum Gasteiger partial charge on any atom is -0.462 e. The van der Waals surface area contributed by atoms with Crippen LogP contribution in [0.2, 0.25) is 5.02 Å². The van der Waals surface area contributed by atoms with Gasteiger partial charge in [0, 0.05) is 12.3 Å². The summed E-state index contributed by atoms with van der Waals surface area (Å²) in [4.78, 5) is 19.4. The molecule has 0 atom stereocenters. The Hall–Kier alpha value is -3.32. The zero-order valence-corrected chi connectivity index (χ0v) is 15.1. The van der Waals surface area contributed by atoms with Crippen molar-refractivity contribution in [2.24, 2.45) is 0 Å². The molecule has 0 unspecified atom stereocenters. The van der Waals surface area contributed by atoms with Crippen LogP contribution in [-0.4, -0.2) is 32.3 Å². The first kappa shape index (κ1) is 17.1. The van der Waals surface area contributed by atoms with Crippen LogP contribution >= 0.6 is 11.6 Å². The lowest BCUT2D eigenvalue weighted by molar-refractivity contribution is 0.0526. The largest absolute Gasteiger partial charge is 0.462 e. The Balaban J connectivity index is 1.65. The van der Waals surface area contributed by atoms with Crippen molar-refractivity contribution < 1.29 is 14.3 Å². The molecular formula is C19H15ClN4O3. The van der Waals surface area contributed by atoms with Crippen LogP contribution in [0.3, 0.4) is 0 Å². The van der Waals surface area contributed by atoms with Crippen LogP contribution in [0.15, 0.2) is 54.9 Å². The standard InChI is InChI=1S/C19H15ClN4O3/c1-2-26-18(25)12-10-21-24(11-12)19-22-15-8-14(20)17(9-16(15)23-19)27-13-6-4-3-5-7-13/h3-11H,2H2,1H3,(H,22,23). The molecule has 4 rings (SSSR count). The highest BCUT2D eigenvalue weighted by molar-refractivity contribution is 6.32. The summed E-state index contributed by atoms with van der Waals surface area (Å²) in [5.74, 6) is 1.21. The van der Waals surface area contributed by atoms with E-state index >= 15 is 0 Å². The number of aromatic amines is 1. The van der Waals surface area contributed by atoms with Crippen LogP contribution in [0.4, 0.5) is 0 Å². The van der Waals surface area contributed by atoms with Gasteiger partial charge >= 0.3 is 5.97 Å². The van der Waals surface area contributed by atoms with Gasteiger partial charge in [0.05, 0.1) is 34.4 Å². The van der Waals surface area contributed by atoms with Gasteiger partial charge in [-0.25, -0.2) is 14.5 Å². The van der Waals surface area contributed by atoms with E-state index in [4.69, 9.17) is 21.1 Å². The van der Waals surface area contributed by atoms with E-state index < -0.39 is 5.97 Å². The SMILES string of the molecule is CCOC(=O)c1cnn(-c2nc3cc(Oc4ccccc4)c(Cl)cc3[nH]2)c1. The smallest absolute Gasteiger partial charge is 0.341 e. The number of ether oxygens (including phenoxy) is 2. The summed E-state index contributed by atoms with van der Waals surface area (Å²) in [5, 5.41) is 4.61. The number of hydrogen-bond acceptors (Lipinski definition) is 5. The number of nitrogens with zero attached hydrogens (tertiary/aromatic N) is 3. The Kier molecular flexibility index (Phi) is 4.52. The maximum atomic E-state index is 11.8. The highest BCUT2D eigenvalue weighted by Crippen LogP contribution is 2.33.